The fourth-order valence-corrected chi connectivity index (χ4v) is 2.38. The highest BCUT2D eigenvalue weighted by Crippen LogP contribution is 2.12. The summed E-state index contributed by atoms with van der Waals surface area (Å²) in [5, 5.41) is 2.97. The van der Waals surface area contributed by atoms with E-state index in [4.69, 9.17) is 4.74 Å². The largest absolute Gasteiger partial charge is 0.494 e. The van der Waals surface area contributed by atoms with Gasteiger partial charge in [0.15, 0.2) is 0 Å². The van der Waals surface area contributed by atoms with Gasteiger partial charge in [-0.15, -0.1) is 0 Å². The first-order valence-corrected chi connectivity index (χ1v) is 7.72. The van der Waals surface area contributed by atoms with Crippen LogP contribution in [0.25, 0.3) is 0 Å². The minimum Gasteiger partial charge on any atom is -0.494 e. The van der Waals surface area contributed by atoms with Crippen molar-refractivity contribution in [2.75, 3.05) is 19.7 Å². The molecule has 21 heavy (non-hydrogen) atoms. The highest BCUT2D eigenvalue weighted by molar-refractivity contribution is 5.94. The Morgan fingerprint density at radius 2 is 1.71 bits per heavy atom. The van der Waals surface area contributed by atoms with Gasteiger partial charge in [0.05, 0.1) is 6.61 Å². The number of nitrogens with one attached hydrogen (secondary N) is 1. The molecule has 0 unspecified atom stereocenters. The Labute approximate surface area is 128 Å². The second-order valence-electron chi connectivity index (χ2n) is 5.64. The molecule has 1 N–H and O–H groups in total. The molecular formula is C17H28N2O2. The van der Waals surface area contributed by atoms with Gasteiger partial charge in [-0.05, 0) is 58.9 Å². The number of ether oxygens (including phenoxy) is 1. The standard InChI is InChI=1S/C17H28N2O2/c1-6-21-16-9-7-15(8-10-16)17(20)18-11-12-19(13(2)3)14(4)5/h7-10,13-14H,6,11-12H2,1-5H3,(H,18,20). The van der Waals surface area contributed by atoms with E-state index in [0.717, 1.165) is 12.3 Å². The summed E-state index contributed by atoms with van der Waals surface area (Å²) in [6.07, 6.45) is 0. The van der Waals surface area contributed by atoms with E-state index < -0.39 is 0 Å². The van der Waals surface area contributed by atoms with Crippen molar-refractivity contribution in [3.05, 3.63) is 29.8 Å². The number of nitrogens with zero attached hydrogens (tertiary/aromatic N) is 1. The molecule has 1 rings (SSSR count). The summed E-state index contributed by atoms with van der Waals surface area (Å²) in [5.41, 5.74) is 0.666. The summed E-state index contributed by atoms with van der Waals surface area (Å²) in [5.74, 6) is 0.755. The molecule has 0 heterocycles. The maximum absolute atomic E-state index is 12.1. The number of carbonyl (C=O) groups excluding carboxylic acids is 1. The van der Waals surface area contributed by atoms with Crippen LogP contribution in [-0.4, -0.2) is 42.6 Å². The highest BCUT2D eigenvalue weighted by atomic mass is 16.5. The lowest BCUT2D eigenvalue weighted by Crippen LogP contribution is -2.42. The molecule has 0 aliphatic rings. The van der Waals surface area contributed by atoms with E-state index in [1.807, 2.05) is 19.1 Å². The van der Waals surface area contributed by atoms with Crippen molar-refractivity contribution >= 4 is 5.91 Å². The fourth-order valence-electron chi connectivity index (χ4n) is 2.38. The Bertz CT molecular complexity index is 419. The number of hydrogen-bond acceptors (Lipinski definition) is 3. The van der Waals surface area contributed by atoms with E-state index in [-0.39, 0.29) is 5.91 Å². The van der Waals surface area contributed by atoms with Crippen LogP contribution in [0.2, 0.25) is 0 Å². The summed E-state index contributed by atoms with van der Waals surface area (Å²) in [6, 6.07) is 8.20. The molecule has 0 aromatic heterocycles. The van der Waals surface area contributed by atoms with Crippen molar-refractivity contribution in [2.24, 2.45) is 0 Å². The number of amides is 1. The predicted octanol–water partition coefficient (Wildman–Crippen LogP) is 2.93. The molecule has 1 aromatic rings. The molecule has 0 saturated heterocycles. The molecule has 4 nitrogen and oxygen atoms in total. The molecule has 0 atom stereocenters. The van der Waals surface area contributed by atoms with E-state index in [9.17, 15) is 4.79 Å². The summed E-state index contributed by atoms with van der Waals surface area (Å²) in [6.45, 7) is 12.8. The molecule has 0 spiro atoms. The average Bonchev–Trinajstić information content (AvgIpc) is 2.43. The third-order valence-electron chi connectivity index (χ3n) is 3.41. The van der Waals surface area contributed by atoms with Gasteiger partial charge in [0, 0.05) is 30.7 Å². The van der Waals surface area contributed by atoms with E-state index in [1.54, 1.807) is 12.1 Å². The maximum Gasteiger partial charge on any atom is 0.251 e. The number of carbonyl (C=O) groups is 1. The van der Waals surface area contributed by atoms with Crippen molar-refractivity contribution in [3.8, 4) is 5.75 Å². The zero-order chi connectivity index (χ0) is 15.8. The second kappa shape index (κ2) is 8.67. The molecule has 1 amide bonds. The molecule has 0 bridgehead atoms. The van der Waals surface area contributed by atoms with E-state index in [0.29, 0.717) is 30.8 Å². The SMILES string of the molecule is CCOc1ccc(C(=O)NCCN(C(C)C)C(C)C)cc1. The van der Waals surface area contributed by atoms with Crippen LogP contribution in [0.4, 0.5) is 0 Å². The molecule has 0 saturated carbocycles. The third-order valence-corrected chi connectivity index (χ3v) is 3.41. The van der Waals surface area contributed by atoms with E-state index in [2.05, 4.69) is 37.9 Å². The van der Waals surface area contributed by atoms with Crippen LogP contribution in [0.5, 0.6) is 5.75 Å². The van der Waals surface area contributed by atoms with Gasteiger partial charge < -0.3 is 10.1 Å². The normalized spacial score (nSPS) is 11.2. The number of benzene rings is 1. The van der Waals surface area contributed by atoms with Gasteiger partial charge in [0.2, 0.25) is 0 Å². The van der Waals surface area contributed by atoms with Crippen LogP contribution in [0.3, 0.4) is 0 Å². The fraction of sp³-hybridized carbons (Fsp3) is 0.588. The van der Waals surface area contributed by atoms with Gasteiger partial charge in [-0.3, -0.25) is 9.69 Å². The first kappa shape index (κ1) is 17.5. The van der Waals surface area contributed by atoms with Gasteiger partial charge >= 0.3 is 0 Å². The molecule has 1 aromatic carbocycles. The minimum absolute atomic E-state index is 0.0366. The van der Waals surface area contributed by atoms with Crippen molar-refractivity contribution < 1.29 is 9.53 Å². The number of hydrogen-bond donors (Lipinski definition) is 1. The van der Waals surface area contributed by atoms with Crippen LogP contribution in [0.1, 0.15) is 45.0 Å². The topological polar surface area (TPSA) is 41.6 Å². The van der Waals surface area contributed by atoms with Crippen molar-refractivity contribution in [3.63, 3.8) is 0 Å². The highest BCUT2D eigenvalue weighted by Gasteiger charge is 2.13. The lowest BCUT2D eigenvalue weighted by Gasteiger charge is -2.30. The third kappa shape index (κ3) is 5.76. The minimum atomic E-state index is -0.0366. The molecule has 0 aliphatic carbocycles. The van der Waals surface area contributed by atoms with Crippen LogP contribution < -0.4 is 10.1 Å². The summed E-state index contributed by atoms with van der Waals surface area (Å²) >= 11 is 0. The zero-order valence-corrected chi connectivity index (χ0v) is 13.8. The first-order chi connectivity index (χ1) is 9.95. The lowest BCUT2D eigenvalue weighted by molar-refractivity contribution is 0.0939. The smallest absolute Gasteiger partial charge is 0.251 e. The van der Waals surface area contributed by atoms with Crippen molar-refractivity contribution in [1.82, 2.24) is 10.2 Å². The van der Waals surface area contributed by atoms with Gasteiger partial charge in [-0.2, -0.15) is 0 Å². The summed E-state index contributed by atoms with van der Waals surface area (Å²) < 4.78 is 5.37. The Hall–Kier alpha value is -1.55. The van der Waals surface area contributed by atoms with Gasteiger partial charge in [0.25, 0.3) is 5.91 Å². The lowest BCUT2D eigenvalue weighted by atomic mass is 10.2. The number of rotatable bonds is 8. The van der Waals surface area contributed by atoms with Gasteiger partial charge in [0.1, 0.15) is 5.75 Å². The van der Waals surface area contributed by atoms with E-state index >= 15 is 0 Å². The Balaban J connectivity index is 2.46. The average molecular weight is 292 g/mol. The van der Waals surface area contributed by atoms with Gasteiger partial charge in [-0.25, -0.2) is 0 Å². The van der Waals surface area contributed by atoms with Gasteiger partial charge in [-0.1, -0.05) is 0 Å². The zero-order valence-electron chi connectivity index (χ0n) is 13.8. The Kier molecular flexibility index (Phi) is 7.23. The van der Waals surface area contributed by atoms with Crippen LogP contribution in [0, 0.1) is 0 Å². The molecular weight excluding hydrogens is 264 g/mol. The summed E-state index contributed by atoms with van der Waals surface area (Å²) in [4.78, 5) is 14.4. The van der Waals surface area contributed by atoms with E-state index in [1.165, 1.54) is 0 Å². The maximum atomic E-state index is 12.1. The quantitative estimate of drug-likeness (QED) is 0.801. The van der Waals surface area contributed by atoms with Crippen molar-refractivity contribution in [1.29, 1.82) is 0 Å². The second-order valence-corrected chi connectivity index (χ2v) is 5.64. The predicted molar refractivity (Wildman–Crippen MR) is 86.9 cm³/mol. The Morgan fingerprint density at radius 3 is 2.19 bits per heavy atom. The van der Waals surface area contributed by atoms with Crippen LogP contribution in [-0.2, 0) is 0 Å². The molecule has 4 heteroatoms. The monoisotopic (exact) mass is 292 g/mol. The Morgan fingerprint density at radius 1 is 1.14 bits per heavy atom. The van der Waals surface area contributed by atoms with Crippen molar-refractivity contribution in [2.45, 2.75) is 46.7 Å². The molecule has 118 valence electrons. The molecule has 0 aliphatic heterocycles. The summed E-state index contributed by atoms with van der Waals surface area (Å²) in [7, 11) is 0. The molecule has 0 radical (unpaired) electrons. The van der Waals surface area contributed by atoms with Crippen LogP contribution in [0.15, 0.2) is 24.3 Å². The molecule has 0 fully saturated rings. The first-order valence-electron chi connectivity index (χ1n) is 7.72. The van der Waals surface area contributed by atoms with Crippen LogP contribution >= 0.6 is 0 Å².